The number of fused-ring (bicyclic) bond motifs is 1. The third kappa shape index (κ3) is 2.64. The fourth-order valence-electron chi connectivity index (χ4n) is 1.73. The van der Waals surface area contributed by atoms with Crippen molar-refractivity contribution >= 4 is 21.9 Å². The van der Waals surface area contributed by atoms with Crippen LogP contribution in [-0.2, 0) is 4.79 Å². The molecule has 0 bridgehead atoms. The summed E-state index contributed by atoms with van der Waals surface area (Å²) in [5.41, 5.74) is 5.31. The first-order valence-corrected chi connectivity index (χ1v) is 6.28. The molecule has 1 aliphatic heterocycles. The molecule has 0 amide bonds. The summed E-state index contributed by atoms with van der Waals surface area (Å²) in [4.78, 5) is 11.0. The Kier molecular flexibility index (Phi) is 3.79. The molecule has 1 aromatic rings. The highest BCUT2D eigenvalue weighted by atomic mass is 79.9. The number of ether oxygens (including phenoxy) is 2. The number of carboxylic acids is 1. The Morgan fingerprint density at radius 1 is 1.24 bits per heavy atom. The van der Waals surface area contributed by atoms with Gasteiger partial charge in [-0.3, -0.25) is 4.79 Å². The smallest absolute Gasteiger partial charge is 0.481 e. The fraction of sp³-hybridized carbons (Fsp3) is 0.364. The van der Waals surface area contributed by atoms with E-state index < -0.39 is 35.6 Å². The molecule has 0 saturated heterocycles. The van der Waals surface area contributed by atoms with Gasteiger partial charge in [-0.25, -0.2) is 0 Å². The van der Waals surface area contributed by atoms with Crippen molar-refractivity contribution in [3.63, 3.8) is 0 Å². The normalized spacial score (nSPS) is 19.9. The Hall–Kier alpha value is -1.55. The molecule has 10 heteroatoms. The molecule has 2 rings (SSSR count). The number of alkyl halides is 4. The van der Waals surface area contributed by atoms with Gasteiger partial charge in [0.05, 0.1) is 5.92 Å². The Morgan fingerprint density at radius 3 is 2.14 bits per heavy atom. The zero-order chi connectivity index (χ0) is 16.0. The van der Waals surface area contributed by atoms with Gasteiger partial charge in [0, 0.05) is 11.0 Å². The SMILES string of the molecule is NCC(C(=O)O)c1cc2c(cc1Br)OC(F)(F)C(F)(F)O2. The second-order valence-electron chi connectivity index (χ2n) is 4.18. The number of carbonyl (C=O) groups is 1. The molecule has 0 radical (unpaired) electrons. The van der Waals surface area contributed by atoms with E-state index in [4.69, 9.17) is 10.8 Å². The summed E-state index contributed by atoms with van der Waals surface area (Å²) >= 11 is 2.96. The third-order valence-electron chi connectivity index (χ3n) is 2.79. The van der Waals surface area contributed by atoms with Crippen molar-refractivity contribution in [2.24, 2.45) is 5.73 Å². The molecule has 116 valence electrons. The minimum atomic E-state index is -4.87. The van der Waals surface area contributed by atoms with E-state index in [1.807, 2.05) is 0 Å². The number of benzene rings is 1. The van der Waals surface area contributed by atoms with Crippen molar-refractivity contribution in [1.82, 2.24) is 0 Å². The van der Waals surface area contributed by atoms with Crippen molar-refractivity contribution in [3.05, 3.63) is 22.2 Å². The molecular weight excluding hydrogens is 366 g/mol. The maximum absolute atomic E-state index is 13.1. The second kappa shape index (κ2) is 5.02. The highest BCUT2D eigenvalue weighted by Gasteiger charge is 2.66. The van der Waals surface area contributed by atoms with Crippen molar-refractivity contribution in [2.75, 3.05) is 6.54 Å². The lowest BCUT2D eigenvalue weighted by molar-refractivity contribution is -0.391. The summed E-state index contributed by atoms with van der Waals surface area (Å²) in [6.07, 6.45) is -9.70. The molecule has 0 spiro atoms. The van der Waals surface area contributed by atoms with Crippen LogP contribution in [0.2, 0.25) is 0 Å². The van der Waals surface area contributed by atoms with Crippen LogP contribution in [0.15, 0.2) is 16.6 Å². The van der Waals surface area contributed by atoms with Gasteiger partial charge in [-0.2, -0.15) is 17.6 Å². The zero-order valence-electron chi connectivity index (χ0n) is 10.1. The average Bonchev–Trinajstić information content (AvgIpc) is 2.32. The molecule has 3 N–H and O–H groups in total. The van der Waals surface area contributed by atoms with Crippen LogP contribution in [0, 0.1) is 0 Å². The van der Waals surface area contributed by atoms with Gasteiger partial charge in [0.2, 0.25) is 0 Å². The van der Waals surface area contributed by atoms with Crippen LogP contribution in [0.5, 0.6) is 11.5 Å². The second-order valence-corrected chi connectivity index (χ2v) is 5.04. The van der Waals surface area contributed by atoms with E-state index in [1.165, 1.54) is 0 Å². The molecule has 1 aromatic carbocycles. The maximum Gasteiger partial charge on any atom is 0.507 e. The lowest BCUT2D eigenvalue weighted by Crippen LogP contribution is -2.52. The van der Waals surface area contributed by atoms with Crippen molar-refractivity contribution < 1.29 is 36.9 Å². The summed E-state index contributed by atoms with van der Waals surface area (Å²) in [6, 6.07) is 1.81. The van der Waals surface area contributed by atoms with E-state index in [2.05, 4.69) is 25.4 Å². The Balaban J connectivity index is 2.51. The Morgan fingerprint density at radius 2 is 1.71 bits per heavy atom. The third-order valence-corrected chi connectivity index (χ3v) is 3.47. The molecular formula is C11H8BrF4NO4. The van der Waals surface area contributed by atoms with Crippen molar-refractivity contribution in [2.45, 2.75) is 18.1 Å². The molecule has 5 nitrogen and oxygen atoms in total. The quantitative estimate of drug-likeness (QED) is 0.795. The summed E-state index contributed by atoms with van der Waals surface area (Å²) in [7, 11) is 0. The maximum atomic E-state index is 13.1. The van der Waals surface area contributed by atoms with Gasteiger partial charge in [-0.05, 0) is 17.7 Å². The number of nitrogens with two attached hydrogens (primary N) is 1. The van der Waals surface area contributed by atoms with Gasteiger partial charge in [-0.1, -0.05) is 15.9 Å². The van der Waals surface area contributed by atoms with E-state index in [0.717, 1.165) is 12.1 Å². The number of halogens is 5. The van der Waals surface area contributed by atoms with Gasteiger partial charge in [-0.15, -0.1) is 0 Å². The van der Waals surface area contributed by atoms with Crippen LogP contribution in [0.1, 0.15) is 11.5 Å². The number of rotatable bonds is 3. The molecule has 0 aromatic heterocycles. The standard InChI is InChI=1S/C11H8BrF4NO4/c12-6-2-8-7(1-4(6)5(3-17)9(18)19)20-10(13,14)11(15,16)21-8/h1-2,5H,3,17H2,(H,18,19). The highest BCUT2D eigenvalue weighted by Crippen LogP contribution is 2.49. The summed E-state index contributed by atoms with van der Waals surface area (Å²) < 4.78 is 60.2. The number of hydrogen-bond acceptors (Lipinski definition) is 4. The number of aliphatic carboxylic acids is 1. The molecule has 0 saturated carbocycles. The molecule has 1 atom stereocenters. The molecule has 0 aliphatic carbocycles. The fourth-order valence-corrected chi connectivity index (χ4v) is 2.33. The van der Waals surface area contributed by atoms with Crippen LogP contribution in [0.3, 0.4) is 0 Å². The van der Waals surface area contributed by atoms with E-state index in [1.54, 1.807) is 0 Å². The lowest BCUT2D eigenvalue weighted by atomic mass is 9.99. The van der Waals surface area contributed by atoms with E-state index in [-0.39, 0.29) is 16.6 Å². The largest absolute Gasteiger partial charge is 0.507 e. The van der Waals surface area contributed by atoms with Crippen LogP contribution >= 0.6 is 15.9 Å². The Labute approximate surface area is 123 Å². The lowest BCUT2D eigenvalue weighted by Gasteiger charge is -2.32. The minimum Gasteiger partial charge on any atom is -0.481 e. The van der Waals surface area contributed by atoms with Gasteiger partial charge < -0.3 is 20.3 Å². The average molecular weight is 374 g/mol. The van der Waals surface area contributed by atoms with Crippen molar-refractivity contribution in [1.29, 1.82) is 0 Å². The number of carboxylic acid groups (broad SMARTS) is 1. The van der Waals surface area contributed by atoms with Gasteiger partial charge >= 0.3 is 18.2 Å². The summed E-state index contributed by atoms with van der Waals surface area (Å²) in [5.74, 6) is -3.84. The van der Waals surface area contributed by atoms with Crippen LogP contribution in [0.25, 0.3) is 0 Å². The Bertz CT molecular complexity index is 596. The van der Waals surface area contributed by atoms with Crippen LogP contribution in [-0.4, -0.2) is 29.8 Å². The topological polar surface area (TPSA) is 81.8 Å². The van der Waals surface area contributed by atoms with E-state index in [0.29, 0.717) is 0 Å². The first-order valence-electron chi connectivity index (χ1n) is 5.49. The van der Waals surface area contributed by atoms with E-state index in [9.17, 15) is 22.4 Å². The van der Waals surface area contributed by atoms with Gasteiger partial charge in [0.15, 0.2) is 11.5 Å². The predicted octanol–water partition coefficient (Wildman–Crippen LogP) is 2.53. The molecule has 21 heavy (non-hydrogen) atoms. The van der Waals surface area contributed by atoms with Crippen molar-refractivity contribution in [3.8, 4) is 11.5 Å². The molecule has 1 aliphatic rings. The van der Waals surface area contributed by atoms with Crippen LogP contribution in [0.4, 0.5) is 17.6 Å². The summed E-state index contributed by atoms with van der Waals surface area (Å²) in [6.45, 7) is -0.319. The molecule has 1 unspecified atom stereocenters. The minimum absolute atomic E-state index is 0.00775. The monoisotopic (exact) mass is 373 g/mol. The van der Waals surface area contributed by atoms with E-state index >= 15 is 0 Å². The predicted molar refractivity (Wildman–Crippen MR) is 64.7 cm³/mol. The first-order chi connectivity index (χ1) is 9.59. The highest BCUT2D eigenvalue weighted by molar-refractivity contribution is 9.10. The van der Waals surface area contributed by atoms with Crippen LogP contribution < -0.4 is 15.2 Å². The number of hydrogen-bond donors (Lipinski definition) is 2. The molecule has 1 heterocycles. The summed E-state index contributed by atoms with van der Waals surface area (Å²) in [5, 5.41) is 9.00. The first kappa shape index (κ1) is 15.8. The van der Waals surface area contributed by atoms with Gasteiger partial charge in [0.25, 0.3) is 0 Å². The zero-order valence-corrected chi connectivity index (χ0v) is 11.7. The van der Waals surface area contributed by atoms with Gasteiger partial charge in [0.1, 0.15) is 0 Å². The molecule has 0 fully saturated rings.